The van der Waals surface area contributed by atoms with Gasteiger partial charge in [0.05, 0.1) is 0 Å². The van der Waals surface area contributed by atoms with E-state index in [1.165, 1.54) is 0 Å². The zero-order valence-corrected chi connectivity index (χ0v) is 8.22. The molecule has 0 amide bonds. The topological polar surface area (TPSA) is 21.3 Å². The molecule has 1 aromatic rings. The molecule has 1 atom stereocenters. The molecule has 0 unspecified atom stereocenters. The maximum atomic E-state index is 13.5. The first-order chi connectivity index (χ1) is 6.77. The summed E-state index contributed by atoms with van der Waals surface area (Å²) in [6.07, 6.45) is 1.07. The van der Waals surface area contributed by atoms with Gasteiger partial charge < -0.3 is 10.1 Å². The van der Waals surface area contributed by atoms with Crippen molar-refractivity contribution in [1.29, 1.82) is 0 Å². The summed E-state index contributed by atoms with van der Waals surface area (Å²) in [4.78, 5) is 0. The summed E-state index contributed by atoms with van der Waals surface area (Å²) in [5, 5.41) is 3.18. The Bertz CT molecular complexity index is 321. The van der Waals surface area contributed by atoms with Crippen molar-refractivity contribution in [2.24, 2.45) is 0 Å². The molecule has 1 saturated heterocycles. The van der Waals surface area contributed by atoms with E-state index in [1.54, 1.807) is 19.1 Å². The highest BCUT2D eigenvalue weighted by atomic mass is 19.1. The lowest BCUT2D eigenvalue weighted by Gasteiger charge is -2.13. The number of rotatable bonds is 2. The van der Waals surface area contributed by atoms with Gasteiger partial charge in [0.1, 0.15) is 6.10 Å². The van der Waals surface area contributed by atoms with Crippen molar-refractivity contribution >= 4 is 0 Å². The van der Waals surface area contributed by atoms with Gasteiger partial charge >= 0.3 is 0 Å². The van der Waals surface area contributed by atoms with E-state index >= 15 is 0 Å². The van der Waals surface area contributed by atoms with Crippen molar-refractivity contribution in [2.75, 3.05) is 13.1 Å². The van der Waals surface area contributed by atoms with E-state index in [0.29, 0.717) is 11.3 Å². The van der Waals surface area contributed by atoms with Gasteiger partial charge in [0.2, 0.25) is 0 Å². The Morgan fingerprint density at radius 2 is 2.36 bits per heavy atom. The van der Waals surface area contributed by atoms with Crippen LogP contribution in [0.15, 0.2) is 18.2 Å². The van der Waals surface area contributed by atoms with Gasteiger partial charge in [0.15, 0.2) is 11.6 Å². The molecule has 2 rings (SSSR count). The molecule has 0 aliphatic carbocycles. The van der Waals surface area contributed by atoms with Crippen LogP contribution in [0.3, 0.4) is 0 Å². The lowest BCUT2D eigenvalue weighted by atomic mass is 10.2. The fourth-order valence-electron chi connectivity index (χ4n) is 1.62. The average molecular weight is 195 g/mol. The molecule has 14 heavy (non-hydrogen) atoms. The summed E-state index contributed by atoms with van der Waals surface area (Å²) in [6.45, 7) is 3.51. The van der Waals surface area contributed by atoms with Gasteiger partial charge in [-0.05, 0) is 31.5 Å². The van der Waals surface area contributed by atoms with Crippen LogP contribution in [0, 0.1) is 12.7 Å². The fraction of sp³-hybridized carbons (Fsp3) is 0.455. The van der Waals surface area contributed by atoms with Gasteiger partial charge in [-0.3, -0.25) is 0 Å². The normalized spacial score (nSPS) is 21.1. The van der Waals surface area contributed by atoms with Crippen LogP contribution in [-0.4, -0.2) is 19.2 Å². The van der Waals surface area contributed by atoms with Crippen LogP contribution in [0.4, 0.5) is 4.39 Å². The minimum absolute atomic E-state index is 0.117. The summed E-state index contributed by atoms with van der Waals surface area (Å²) < 4.78 is 19.1. The molecule has 0 aromatic heterocycles. The fourth-order valence-corrected chi connectivity index (χ4v) is 1.62. The van der Waals surface area contributed by atoms with Gasteiger partial charge in [-0.2, -0.15) is 0 Å². The van der Waals surface area contributed by atoms with Crippen LogP contribution in [0.2, 0.25) is 0 Å². The third-order valence-corrected chi connectivity index (χ3v) is 2.47. The largest absolute Gasteiger partial charge is 0.486 e. The van der Waals surface area contributed by atoms with E-state index in [9.17, 15) is 4.39 Å². The third kappa shape index (κ3) is 1.87. The molecule has 1 aromatic carbocycles. The van der Waals surface area contributed by atoms with E-state index in [1.807, 2.05) is 6.07 Å². The highest BCUT2D eigenvalue weighted by molar-refractivity contribution is 5.30. The van der Waals surface area contributed by atoms with Crippen LogP contribution in [0.5, 0.6) is 5.75 Å². The number of aryl methyl sites for hydroxylation is 1. The molecule has 0 saturated carbocycles. The number of benzene rings is 1. The van der Waals surface area contributed by atoms with Gasteiger partial charge in [-0.25, -0.2) is 4.39 Å². The monoisotopic (exact) mass is 195 g/mol. The lowest BCUT2D eigenvalue weighted by Crippen LogP contribution is -2.20. The van der Waals surface area contributed by atoms with E-state index in [0.717, 1.165) is 19.5 Å². The van der Waals surface area contributed by atoms with Crippen molar-refractivity contribution in [1.82, 2.24) is 5.32 Å². The van der Waals surface area contributed by atoms with Gasteiger partial charge in [0, 0.05) is 6.54 Å². The van der Waals surface area contributed by atoms with E-state index in [4.69, 9.17) is 4.74 Å². The smallest absolute Gasteiger partial charge is 0.167 e. The molecule has 1 aliphatic rings. The Labute approximate surface area is 83.1 Å². The van der Waals surface area contributed by atoms with Crippen LogP contribution in [0.25, 0.3) is 0 Å². The van der Waals surface area contributed by atoms with Crippen molar-refractivity contribution < 1.29 is 9.13 Å². The first kappa shape index (κ1) is 9.46. The Kier molecular flexibility index (Phi) is 2.68. The minimum Gasteiger partial charge on any atom is -0.486 e. The summed E-state index contributed by atoms with van der Waals surface area (Å²) >= 11 is 0. The first-order valence-electron chi connectivity index (χ1n) is 4.90. The molecule has 0 spiro atoms. The van der Waals surface area contributed by atoms with Gasteiger partial charge in [-0.1, -0.05) is 12.1 Å². The van der Waals surface area contributed by atoms with Crippen LogP contribution in [-0.2, 0) is 0 Å². The van der Waals surface area contributed by atoms with Crippen molar-refractivity contribution in [3.8, 4) is 5.75 Å². The predicted molar refractivity (Wildman–Crippen MR) is 53.0 cm³/mol. The molecule has 1 fully saturated rings. The molecule has 0 radical (unpaired) electrons. The molecule has 0 bridgehead atoms. The van der Waals surface area contributed by atoms with Crippen LogP contribution < -0.4 is 10.1 Å². The number of ether oxygens (including phenoxy) is 1. The standard InChI is InChI=1S/C11H14FNO/c1-8-3-2-4-10(11(8)12)14-9-5-6-13-7-9/h2-4,9,13H,5-7H2,1H3/t9-/m0/s1. The summed E-state index contributed by atoms with van der Waals surface area (Å²) in [5.41, 5.74) is 0.633. The number of halogens is 1. The first-order valence-corrected chi connectivity index (χ1v) is 4.90. The number of nitrogens with one attached hydrogen (secondary N) is 1. The summed E-state index contributed by atoms with van der Waals surface area (Å²) in [5.74, 6) is 0.137. The third-order valence-electron chi connectivity index (χ3n) is 2.47. The molecule has 1 aliphatic heterocycles. The maximum absolute atomic E-state index is 13.5. The second-order valence-electron chi connectivity index (χ2n) is 3.62. The molecular formula is C11H14FNO. The van der Waals surface area contributed by atoms with E-state index in [2.05, 4.69) is 5.32 Å². The second kappa shape index (κ2) is 3.96. The molecule has 3 heteroatoms. The highest BCUT2D eigenvalue weighted by Gasteiger charge is 2.17. The Morgan fingerprint density at radius 3 is 3.07 bits per heavy atom. The van der Waals surface area contributed by atoms with Crippen LogP contribution in [0.1, 0.15) is 12.0 Å². The van der Waals surface area contributed by atoms with Crippen molar-refractivity contribution in [3.63, 3.8) is 0 Å². The highest BCUT2D eigenvalue weighted by Crippen LogP contribution is 2.21. The van der Waals surface area contributed by atoms with Gasteiger partial charge in [-0.15, -0.1) is 0 Å². The molecule has 2 nitrogen and oxygen atoms in total. The Balaban J connectivity index is 2.11. The van der Waals surface area contributed by atoms with Crippen molar-refractivity contribution in [2.45, 2.75) is 19.4 Å². The Hall–Kier alpha value is -1.09. The number of hydrogen-bond acceptors (Lipinski definition) is 2. The van der Waals surface area contributed by atoms with E-state index in [-0.39, 0.29) is 11.9 Å². The predicted octanol–water partition coefficient (Wildman–Crippen LogP) is 1.87. The lowest BCUT2D eigenvalue weighted by molar-refractivity contribution is 0.212. The molecule has 1 heterocycles. The molecule has 1 N–H and O–H groups in total. The molecule has 76 valence electrons. The summed E-state index contributed by atoms with van der Waals surface area (Å²) in [6, 6.07) is 5.24. The SMILES string of the molecule is Cc1cccc(O[C@H]2CCNC2)c1F. The van der Waals surface area contributed by atoms with Crippen LogP contribution >= 0.6 is 0 Å². The molecular weight excluding hydrogens is 181 g/mol. The zero-order chi connectivity index (χ0) is 9.97. The van der Waals surface area contributed by atoms with Crippen molar-refractivity contribution in [3.05, 3.63) is 29.6 Å². The second-order valence-corrected chi connectivity index (χ2v) is 3.62. The average Bonchev–Trinajstić information content (AvgIpc) is 2.66. The summed E-state index contributed by atoms with van der Waals surface area (Å²) in [7, 11) is 0. The van der Waals surface area contributed by atoms with E-state index < -0.39 is 0 Å². The van der Waals surface area contributed by atoms with Gasteiger partial charge in [0.25, 0.3) is 0 Å². The Morgan fingerprint density at radius 1 is 1.50 bits per heavy atom. The number of hydrogen-bond donors (Lipinski definition) is 1. The quantitative estimate of drug-likeness (QED) is 0.778. The minimum atomic E-state index is -0.237. The maximum Gasteiger partial charge on any atom is 0.167 e. The zero-order valence-electron chi connectivity index (χ0n) is 8.22.